The average molecular weight is 385 g/mol. The number of hydrogen-bond donors (Lipinski definition) is 0. The highest BCUT2D eigenvalue weighted by molar-refractivity contribution is 6.73. The number of rotatable bonds is 10. The van der Waals surface area contributed by atoms with Gasteiger partial charge in [-0.25, -0.2) is 0 Å². The summed E-state index contributed by atoms with van der Waals surface area (Å²) in [6.45, 7) is 10.5. The van der Waals surface area contributed by atoms with Crippen molar-refractivity contribution in [1.29, 1.82) is 0 Å². The number of hydrogen-bond acceptors (Lipinski definition) is 1. The molecule has 1 fully saturated rings. The first-order chi connectivity index (χ1) is 13.1. The van der Waals surface area contributed by atoms with E-state index < -0.39 is 8.32 Å². The second-order valence-corrected chi connectivity index (χ2v) is 13.9. The minimum absolute atomic E-state index is 0.299. The molecule has 3 atom stereocenters. The van der Waals surface area contributed by atoms with E-state index in [1.165, 1.54) is 50.2 Å². The van der Waals surface area contributed by atoms with Crippen LogP contribution in [0, 0.1) is 17.3 Å². The van der Waals surface area contributed by atoms with Crippen molar-refractivity contribution in [1.82, 2.24) is 0 Å². The van der Waals surface area contributed by atoms with E-state index in [4.69, 9.17) is 4.43 Å². The lowest BCUT2D eigenvalue weighted by Gasteiger charge is -2.40. The van der Waals surface area contributed by atoms with Crippen molar-refractivity contribution >= 4 is 8.32 Å². The van der Waals surface area contributed by atoms with Crippen LogP contribution in [0.1, 0.15) is 66.2 Å². The van der Waals surface area contributed by atoms with Crippen LogP contribution in [0.25, 0.3) is 0 Å². The molecule has 3 unspecified atom stereocenters. The second-order valence-electron chi connectivity index (χ2n) is 9.09. The van der Waals surface area contributed by atoms with Gasteiger partial charge in [-0.2, -0.15) is 0 Å². The average Bonchev–Trinajstić information content (AvgIpc) is 3.39. The maximum absolute atomic E-state index is 6.58. The molecule has 0 bridgehead atoms. The van der Waals surface area contributed by atoms with E-state index in [9.17, 15) is 0 Å². The Balaban J connectivity index is 1.69. The van der Waals surface area contributed by atoms with Gasteiger partial charge in [-0.05, 0) is 73.9 Å². The molecule has 1 saturated carbocycles. The highest BCUT2D eigenvalue weighted by Gasteiger charge is 2.44. The van der Waals surface area contributed by atoms with Crippen LogP contribution >= 0.6 is 0 Å². The SMILES string of the molecule is CC[Si](CC)(CC)OCCCC(C)(C1=CC=CC1)C1CCC2CC=CC=C21. The summed E-state index contributed by atoms with van der Waals surface area (Å²) in [6.07, 6.45) is 21.8. The molecule has 0 heterocycles. The van der Waals surface area contributed by atoms with Gasteiger partial charge in [-0.15, -0.1) is 0 Å². The Kier molecular flexibility index (Phi) is 7.02. The molecule has 0 aromatic rings. The van der Waals surface area contributed by atoms with Gasteiger partial charge >= 0.3 is 0 Å². The standard InChI is InChI=1S/C25H40OSi/c1-5-27(6-2,7-3)26-20-12-19-25(4,22-14-9-10-15-22)24-18-17-21-13-8-11-16-23(21)24/h8-11,14,16,21,24H,5-7,12-13,15,17-20H2,1-4H3. The van der Waals surface area contributed by atoms with Crippen LogP contribution in [0.2, 0.25) is 18.1 Å². The quantitative estimate of drug-likeness (QED) is 0.278. The van der Waals surface area contributed by atoms with Crippen LogP contribution in [0.3, 0.4) is 0 Å². The van der Waals surface area contributed by atoms with Crippen molar-refractivity contribution in [2.45, 2.75) is 84.4 Å². The van der Waals surface area contributed by atoms with Crippen molar-refractivity contribution in [2.75, 3.05) is 6.61 Å². The first kappa shape index (κ1) is 20.9. The summed E-state index contributed by atoms with van der Waals surface area (Å²) in [6, 6.07) is 3.78. The highest BCUT2D eigenvalue weighted by atomic mass is 28.4. The molecule has 0 aromatic carbocycles. The molecule has 0 spiro atoms. The monoisotopic (exact) mass is 384 g/mol. The summed E-state index contributed by atoms with van der Waals surface area (Å²) >= 11 is 0. The summed E-state index contributed by atoms with van der Waals surface area (Å²) in [5.74, 6) is 1.54. The fourth-order valence-corrected chi connectivity index (χ4v) is 8.50. The molecule has 0 aromatic heterocycles. The van der Waals surface area contributed by atoms with E-state index in [1.54, 1.807) is 11.1 Å². The van der Waals surface area contributed by atoms with E-state index in [1.807, 2.05) is 0 Å². The lowest BCUT2D eigenvalue weighted by atomic mass is 9.65. The Labute approximate surface area is 168 Å². The zero-order valence-electron chi connectivity index (χ0n) is 18.1. The number of fused-ring (bicyclic) bond motifs is 1. The largest absolute Gasteiger partial charge is 0.417 e. The molecule has 0 saturated heterocycles. The maximum atomic E-state index is 6.58. The molecule has 2 heteroatoms. The molecule has 0 N–H and O–H groups in total. The normalized spacial score (nSPS) is 26.7. The molecule has 0 amide bonds. The number of allylic oxidation sites excluding steroid dienone is 8. The maximum Gasteiger partial charge on any atom is 0.191 e. The van der Waals surface area contributed by atoms with Crippen molar-refractivity contribution in [3.63, 3.8) is 0 Å². The fraction of sp³-hybridized carbons (Fsp3) is 0.680. The Morgan fingerprint density at radius 1 is 1.04 bits per heavy atom. The van der Waals surface area contributed by atoms with Crippen LogP contribution in [-0.4, -0.2) is 14.9 Å². The van der Waals surface area contributed by atoms with Gasteiger partial charge in [0.15, 0.2) is 8.32 Å². The van der Waals surface area contributed by atoms with Crippen LogP contribution in [-0.2, 0) is 4.43 Å². The molecule has 27 heavy (non-hydrogen) atoms. The van der Waals surface area contributed by atoms with Crippen molar-refractivity contribution in [3.05, 3.63) is 47.6 Å². The lowest BCUT2D eigenvalue weighted by molar-refractivity contribution is 0.211. The van der Waals surface area contributed by atoms with Crippen LogP contribution < -0.4 is 0 Å². The fourth-order valence-electron chi connectivity index (χ4n) is 5.81. The summed E-state index contributed by atoms with van der Waals surface area (Å²) in [5, 5.41) is 0. The summed E-state index contributed by atoms with van der Waals surface area (Å²) in [4.78, 5) is 0. The molecular formula is C25H40OSi. The van der Waals surface area contributed by atoms with Gasteiger partial charge < -0.3 is 4.43 Å². The first-order valence-corrected chi connectivity index (χ1v) is 14.0. The highest BCUT2D eigenvalue weighted by Crippen LogP contribution is 2.55. The summed E-state index contributed by atoms with van der Waals surface area (Å²) in [7, 11) is -1.45. The van der Waals surface area contributed by atoms with Gasteiger partial charge in [0.1, 0.15) is 0 Å². The third-order valence-electron chi connectivity index (χ3n) is 7.98. The van der Waals surface area contributed by atoms with Gasteiger partial charge in [0.25, 0.3) is 0 Å². The van der Waals surface area contributed by atoms with E-state index in [0.29, 0.717) is 5.41 Å². The third kappa shape index (κ3) is 4.27. The van der Waals surface area contributed by atoms with Crippen molar-refractivity contribution in [3.8, 4) is 0 Å². The van der Waals surface area contributed by atoms with Crippen LogP contribution in [0.15, 0.2) is 47.6 Å². The molecule has 3 rings (SSSR count). The van der Waals surface area contributed by atoms with Gasteiger partial charge in [0.05, 0.1) is 0 Å². The molecular weight excluding hydrogens is 344 g/mol. The van der Waals surface area contributed by atoms with Crippen molar-refractivity contribution in [2.24, 2.45) is 17.3 Å². The van der Waals surface area contributed by atoms with E-state index in [-0.39, 0.29) is 0 Å². The molecule has 0 aliphatic heterocycles. The Morgan fingerprint density at radius 3 is 2.44 bits per heavy atom. The summed E-state index contributed by atoms with van der Waals surface area (Å²) < 4.78 is 6.58. The first-order valence-electron chi connectivity index (χ1n) is 11.4. The lowest BCUT2D eigenvalue weighted by Crippen LogP contribution is -2.36. The van der Waals surface area contributed by atoms with E-state index in [2.05, 4.69) is 64.2 Å². The third-order valence-corrected chi connectivity index (χ3v) is 12.7. The van der Waals surface area contributed by atoms with Gasteiger partial charge in [0.2, 0.25) is 0 Å². The minimum atomic E-state index is -1.45. The molecule has 1 nitrogen and oxygen atoms in total. The Hall–Kier alpha value is -0.863. The van der Waals surface area contributed by atoms with E-state index >= 15 is 0 Å². The molecule has 0 radical (unpaired) electrons. The Morgan fingerprint density at radius 2 is 1.78 bits per heavy atom. The van der Waals surface area contributed by atoms with Gasteiger partial charge in [-0.3, -0.25) is 0 Å². The second kappa shape index (κ2) is 9.09. The topological polar surface area (TPSA) is 9.23 Å². The molecule has 3 aliphatic rings. The Bertz CT molecular complexity index is 614. The van der Waals surface area contributed by atoms with Gasteiger partial charge in [-0.1, -0.05) is 75.3 Å². The predicted molar refractivity (Wildman–Crippen MR) is 120 cm³/mol. The van der Waals surface area contributed by atoms with Crippen molar-refractivity contribution < 1.29 is 4.43 Å². The smallest absolute Gasteiger partial charge is 0.191 e. The van der Waals surface area contributed by atoms with Crippen LogP contribution in [0.4, 0.5) is 0 Å². The van der Waals surface area contributed by atoms with Gasteiger partial charge in [0, 0.05) is 6.61 Å². The minimum Gasteiger partial charge on any atom is -0.417 e. The van der Waals surface area contributed by atoms with Crippen LogP contribution in [0.5, 0.6) is 0 Å². The summed E-state index contributed by atoms with van der Waals surface area (Å²) in [5.41, 5.74) is 3.70. The zero-order valence-corrected chi connectivity index (χ0v) is 19.1. The molecule has 150 valence electrons. The molecule has 3 aliphatic carbocycles. The zero-order chi connectivity index (χ0) is 19.3. The predicted octanol–water partition coefficient (Wildman–Crippen LogP) is 7.59. The van der Waals surface area contributed by atoms with E-state index in [0.717, 1.165) is 24.9 Å².